The second kappa shape index (κ2) is 14.9. The van der Waals surface area contributed by atoms with Crippen LogP contribution in [0.15, 0.2) is 187 Å². The highest BCUT2D eigenvalue weighted by Gasteiger charge is 2.25. The number of benzene rings is 6. The Morgan fingerprint density at radius 1 is 0.404 bits per heavy atom. The molecule has 272 valence electrons. The first-order chi connectivity index (χ1) is 28.2. The molecular weight excluding hydrogens is 766 g/mol. The summed E-state index contributed by atoms with van der Waals surface area (Å²) in [5.74, 6) is 1.98. The number of ether oxygens (including phenoxy) is 1. The Morgan fingerprint density at radius 3 is 1.44 bits per heavy atom. The predicted molar refractivity (Wildman–Crippen MR) is 235 cm³/mol. The Balaban J connectivity index is 0.000000115. The van der Waals surface area contributed by atoms with Gasteiger partial charge in [0.1, 0.15) is 11.5 Å². The molecule has 0 saturated heterocycles. The van der Waals surface area contributed by atoms with Crippen LogP contribution < -0.4 is 9.64 Å². The molecule has 0 bridgehead atoms. The van der Waals surface area contributed by atoms with Gasteiger partial charge in [0.15, 0.2) is 0 Å². The molecule has 2 aliphatic heterocycles. The van der Waals surface area contributed by atoms with E-state index in [0.717, 1.165) is 78.1 Å². The first-order valence-corrected chi connectivity index (χ1v) is 19.7. The molecule has 4 aromatic heterocycles. The van der Waals surface area contributed by atoms with Crippen LogP contribution in [0, 0.1) is 0 Å². The SMILES string of the molecule is Brc1cc2cccnc2c2ncccc12.c1ccc2c(c1)Cc1ccccc1N2c1cc2cccnc2c2ncccc12.c1ccc2c(c1)Cc1ccccc1O2. The highest BCUT2D eigenvalue weighted by atomic mass is 79.9. The third kappa shape index (κ3) is 6.52. The Hall–Kier alpha value is -6.96. The van der Waals surface area contributed by atoms with Crippen molar-refractivity contribution in [3.63, 3.8) is 0 Å². The van der Waals surface area contributed by atoms with Crippen molar-refractivity contribution in [2.24, 2.45) is 0 Å². The molecule has 0 saturated carbocycles. The molecule has 57 heavy (non-hydrogen) atoms. The van der Waals surface area contributed by atoms with Gasteiger partial charge >= 0.3 is 0 Å². The number of pyridine rings is 4. The third-order valence-corrected chi connectivity index (χ3v) is 11.1. The Morgan fingerprint density at radius 2 is 0.842 bits per heavy atom. The summed E-state index contributed by atoms with van der Waals surface area (Å²) in [7, 11) is 0. The molecular formula is C50H34BrN5O. The zero-order chi connectivity index (χ0) is 38.1. The number of aromatic nitrogens is 4. The summed E-state index contributed by atoms with van der Waals surface area (Å²) in [5, 5.41) is 4.42. The van der Waals surface area contributed by atoms with Crippen LogP contribution >= 0.6 is 15.9 Å². The molecule has 10 aromatic rings. The average Bonchev–Trinajstić information content (AvgIpc) is 3.28. The maximum atomic E-state index is 5.78. The second-order valence-corrected chi connectivity index (χ2v) is 14.8. The minimum absolute atomic E-state index is 0.941. The average molecular weight is 801 g/mol. The first-order valence-electron chi connectivity index (χ1n) is 18.9. The number of rotatable bonds is 1. The number of fused-ring (bicyclic) bond motifs is 10. The molecule has 0 spiro atoms. The largest absolute Gasteiger partial charge is 0.457 e. The van der Waals surface area contributed by atoms with Crippen molar-refractivity contribution < 1.29 is 4.74 Å². The molecule has 0 N–H and O–H groups in total. The minimum atomic E-state index is 0.941. The van der Waals surface area contributed by atoms with Crippen molar-refractivity contribution in [1.29, 1.82) is 0 Å². The van der Waals surface area contributed by atoms with Crippen molar-refractivity contribution in [3.05, 3.63) is 209 Å². The predicted octanol–water partition coefficient (Wildman–Crippen LogP) is 13.1. The van der Waals surface area contributed by atoms with Gasteiger partial charge in [-0.15, -0.1) is 0 Å². The molecule has 0 fully saturated rings. The molecule has 2 aliphatic rings. The van der Waals surface area contributed by atoms with Gasteiger partial charge in [-0.05, 0) is 89.0 Å². The van der Waals surface area contributed by atoms with Crippen LogP contribution in [0.5, 0.6) is 11.5 Å². The van der Waals surface area contributed by atoms with Gasteiger partial charge in [0.05, 0.1) is 27.8 Å². The molecule has 6 nitrogen and oxygen atoms in total. The normalized spacial score (nSPS) is 12.3. The van der Waals surface area contributed by atoms with Crippen molar-refractivity contribution in [3.8, 4) is 11.5 Å². The van der Waals surface area contributed by atoms with E-state index in [1.54, 1.807) is 12.4 Å². The van der Waals surface area contributed by atoms with Gasteiger partial charge in [0.25, 0.3) is 0 Å². The first kappa shape index (κ1) is 34.5. The number of halogens is 1. The summed E-state index contributed by atoms with van der Waals surface area (Å²) in [6.45, 7) is 0. The highest BCUT2D eigenvalue weighted by Crippen LogP contribution is 2.46. The summed E-state index contributed by atoms with van der Waals surface area (Å²) in [5.41, 5.74) is 12.6. The number of nitrogens with zero attached hydrogens (tertiary/aromatic N) is 5. The van der Waals surface area contributed by atoms with Crippen LogP contribution in [0.25, 0.3) is 43.6 Å². The fraction of sp³-hybridized carbons (Fsp3) is 0.0400. The summed E-state index contributed by atoms with van der Waals surface area (Å²) in [6, 6.07) is 54.2. The zero-order valence-corrected chi connectivity index (χ0v) is 32.3. The van der Waals surface area contributed by atoms with Gasteiger partial charge in [-0.3, -0.25) is 19.9 Å². The number of para-hydroxylation sites is 4. The fourth-order valence-corrected chi connectivity index (χ4v) is 8.42. The van der Waals surface area contributed by atoms with Gasteiger partial charge in [0.2, 0.25) is 0 Å². The molecule has 0 unspecified atom stereocenters. The number of anilines is 3. The molecule has 12 rings (SSSR count). The van der Waals surface area contributed by atoms with Crippen LogP contribution in [-0.4, -0.2) is 19.9 Å². The molecule has 6 heterocycles. The fourth-order valence-electron chi connectivity index (χ4n) is 7.85. The zero-order valence-electron chi connectivity index (χ0n) is 30.8. The summed E-state index contributed by atoms with van der Waals surface area (Å²) in [6.07, 6.45) is 9.20. The van der Waals surface area contributed by atoms with Crippen LogP contribution in [0.4, 0.5) is 17.1 Å². The van der Waals surface area contributed by atoms with Crippen molar-refractivity contribution in [2.45, 2.75) is 12.8 Å². The van der Waals surface area contributed by atoms with E-state index in [0.29, 0.717) is 0 Å². The van der Waals surface area contributed by atoms with Crippen molar-refractivity contribution in [1.82, 2.24) is 19.9 Å². The lowest BCUT2D eigenvalue weighted by molar-refractivity contribution is 0.460. The van der Waals surface area contributed by atoms with E-state index >= 15 is 0 Å². The Kier molecular flexibility index (Phi) is 9.05. The second-order valence-electron chi connectivity index (χ2n) is 14.0. The lowest BCUT2D eigenvalue weighted by atomic mass is 9.94. The molecule has 0 aliphatic carbocycles. The van der Waals surface area contributed by atoms with Gasteiger partial charge in [-0.2, -0.15) is 0 Å². The van der Waals surface area contributed by atoms with E-state index in [2.05, 4.69) is 138 Å². The lowest BCUT2D eigenvalue weighted by Gasteiger charge is -2.34. The van der Waals surface area contributed by atoms with E-state index < -0.39 is 0 Å². The van der Waals surface area contributed by atoms with Gasteiger partial charge in [-0.25, -0.2) is 0 Å². The maximum absolute atomic E-state index is 5.78. The van der Waals surface area contributed by atoms with E-state index in [1.807, 2.05) is 73.1 Å². The van der Waals surface area contributed by atoms with Crippen LogP contribution in [0.2, 0.25) is 0 Å². The smallest absolute Gasteiger partial charge is 0.130 e. The van der Waals surface area contributed by atoms with E-state index in [-0.39, 0.29) is 0 Å². The van der Waals surface area contributed by atoms with Crippen LogP contribution in [-0.2, 0) is 12.8 Å². The molecule has 6 aromatic carbocycles. The molecule has 0 atom stereocenters. The standard InChI is InChI=1S/C25H17N3.C13H10O.C12H7BrN2/c1-3-11-21-17(7-1)15-18-8-2-4-12-22(18)28(21)23-16-19-9-5-13-26-24(19)25-20(23)10-6-14-27-25;1-3-7-12-10(5-1)9-11-6-2-4-8-13(11)14-12;13-10-7-8-3-1-5-14-11(8)12-9(10)4-2-6-15-12/h1-14,16H,15H2;1-8H,9H2;1-7H. The van der Waals surface area contributed by atoms with E-state index in [9.17, 15) is 0 Å². The minimum Gasteiger partial charge on any atom is -0.457 e. The summed E-state index contributed by atoms with van der Waals surface area (Å²) in [4.78, 5) is 20.4. The van der Waals surface area contributed by atoms with Gasteiger partial charge in [-0.1, -0.05) is 107 Å². The Bertz CT molecular complexity index is 2980. The lowest BCUT2D eigenvalue weighted by Crippen LogP contribution is -2.18. The highest BCUT2D eigenvalue weighted by molar-refractivity contribution is 9.10. The van der Waals surface area contributed by atoms with Gasteiger partial charge in [0, 0.05) is 75.0 Å². The number of hydrogen-bond donors (Lipinski definition) is 0. The Labute approximate surface area is 338 Å². The third-order valence-electron chi connectivity index (χ3n) is 10.5. The van der Waals surface area contributed by atoms with E-state index in [4.69, 9.17) is 4.74 Å². The maximum Gasteiger partial charge on any atom is 0.130 e. The summed E-state index contributed by atoms with van der Waals surface area (Å²) >= 11 is 3.55. The number of hydrogen-bond acceptors (Lipinski definition) is 6. The molecule has 7 heteroatoms. The van der Waals surface area contributed by atoms with Crippen LogP contribution in [0.3, 0.4) is 0 Å². The summed E-state index contributed by atoms with van der Waals surface area (Å²) < 4.78 is 6.84. The van der Waals surface area contributed by atoms with E-state index in [1.165, 1.54) is 33.6 Å². The van der Waals surface area contributed by atoms with Crippen molar-refractivity contribution in [2.75, 3.05) is 4.90 Å². The quantitative estimate of drug-likeness (QED) is 0.154. The monoisotopic (exact) mass is 799 g/mol. The van der Waals surface area contributed by atoms with Gasteiger partial charge < -0.3 is 9.64 Å². The molecule has 0 radical (unpaired) electrons. The molecule has 0 amide bonds. The topological polar surface area (TPSA) is 64.0 Å². The van der Waals surface area contributed by atoms with Crippen LogP contribution in [0.1, 0.15) is 22.3 Å². The van der Waals surface area contributed by atoms with Crippen molar-refractivity contribution >= 4 is 76.6 Å².